The van der Waals surface area contributed by atoms with Crippen LogP contribution in [0.2, 0.25) is 0 Å². The summed E-state index contributed by atoms with van der Waals surface area (Å²) in [7, 11) is 0. The van der Waals surface area contributed by atoms with Crippen LogP contribution in [0.3, 0.4) is 0 Å². The quantitative estimate of drug-likeness (QED) is 0.836. The van der Waals surface area contributed by atoms with Gasteiger partial charge in [0.15, 0.2) is 0 Å². The SMILES string of the molecule is CCOc1ccc(NCc2ccc(CC)s2)cc1. The molecule has 2 nitrogen and oxygen atoms in total. The van der Waals surface area contributed by atoms with Gasteiger partial charge in [0.05, 0.1) is 6.61 Å². The summed E-state index contributed by atoms with van der Waals surface area (Å²) in [6, 6.07) is 12.5. The Morgan fingerprint density at radius 1 is 1.00 bits per heavy atom. The molecule has 0 aliphatic rings. The Bertz CT molecular complexity index is 475. The summed E-state index contributed by atoms with van der Waals surface area (Å²) >= 11 is 1.88. The lowest BCUT2D eigenvalue weighted by Crippen LogP contribution is -1.97. The minimum absolute atomic E-state index is 0.710. The summed E-state index contributed by atoms with van der Waals surface area (Å²) in [5, 5.41) is 3.42. The van der Waals surface area contributed by atoms with Crippen molar-refractivity contribution >= 4 is 17.0 Å². The summed E-state index contributed by atoms with van der Waals surface area (Å²) in [5.41, 5.74) is 1.13. The molecule has 18 heavy (non-hydrogen) atoms. The molecule has 3 heteroatoms. The van der Waals surface area contributed by atoms with E-state index < -0.39 is 0 Å². The van der Waals surface area contributed by atoms with E-state index in [0.717, 1.165) is 24.4 Å². The lowest BCUT2D eigenvalue weighted by molar-refractivity contribution is 0.340. The maximum atomic E-state index is 5.42. The molecule has 1 N–H and O–H groups in total. The van der Waals surface area contributed by atoms with Crippen LogP contribution in [0.4, 0.5) is 5.69 Å². The molecule has 0 fully saturated rings. The monoisotopic (exact) mass is 261 g/mol. The van der Waals surface area contributed by atoms with E-state index in [9.17, 15) is 0 Å². The number of rotatable bonds is 6. The first-order valence-electron chi connectivity index (χ1n) is 6.36. The topological polar surface area (TPSA) is 21.3 Å². The van der Waals surface area contributed by atoms with Gasteiger partial charge in [-0.05, 0) is 49.7 Å². The lowest BCUT2D eigenvalue weighted by atomic mass is 10.3. The van der Waals surface area contributed by atoms with Gasteiger partial charge in [-0.15, -0.1) is 11.3 Å². The summed E-state index contributed by atoms with van der Waals surface area (Å²) in [4.78, 5) is 2.82. The number of thiophene rings is 1. The highest BCUT2D eigenvalue weighted by Gasteiger charge is 1.99. The Morgan fingerprint density at radius 2 is 1.72 bits per heavy atom. The molecule has 2 aromatic rings. The molecule has 0 aliphatic heterocycles. The first-order valence-corrected chi connectivity index (χ1v) is 7.17. The standard InChI is InChI=1S/C15H19NOS/c1-3-14-9-10-15(18-14)11-16-12-5-7-13(8-6-12)17-4-2/h5-10,16H,3-4,11H2,1-2H3. The van der Waals surface area contributed by atoms with E-state index in [1.54, 1.807) is 0 Å². The Labute approximate surface area is 113 Å². The largest absolute Gasteiger partial charge is 0.494 e. The fourth-order valence-corrected chi connectivity index (χ4v) is 2.63. The first kappa shape index (κ1) is 13.0. The van der Waals surface area contributed by atoms with Crippen molar-refractivity contribution in [2.45, 2.75) is 26.8 Å². The predicted molar refractivity (Wildman–Crippen MR) is 78.6 cm³/mol. The number of aryl methyl sites for hydroxylation is 1. The van der Waals surface area contributed by atoms with E-state index >= 15 is 0 Å². The van der Waals surface area contributed by atoms with Crippen LogP contribution >= 0.6 is 11.3 Å². The van der Waals surface area contributed by atoms with Crippen LogP contribution in [-0.2, 0) is 13.0 Å². The Kier molecular flexibility index (Phi) is 4.65. The molecule has 1 aromatic carbocycles. The van der Waals surface area contributed by atoms with Crippen LogP contribution in [0.1, 0.15) is 23.6 Å². The van der Waals surface area contributed by atoms with Crippen molar-refractivity contribution in [1.82, 2.24) is 0 Å². The zero-order valence-corrected chi connectivity index (χ0v) is 11.7. The predicted octanol–water partition coefficient (Wildman–Crippen LogP) is 4.32. The fraction of sp³-hybridized carbons (Fsp3) is 0.333. The van der Waals surface area contributed by atoms with E-state index in [-0.39, 0.29) is 0 Å². The molecule has 0 saturated carbocycles. The molecular formula is C15H19NOS. The van der Waals surface area contributed by atoms with Gasteiger partial charge in [0.1, 0.15) is 5.75 Å². The van der Waals surface area contributed by atoms with Crippen molar-refractivity contribution < 1.29 is 4.74 Å². The van der Waals surface area contributed by atoms with Gasteiger partial charge < -0.3 is 10.1 Å². The van der Waals surface area contributed by atoms with E-state index in [4.69, 9.17) is 4.74 Å². The number of hydrogen-bond donors (Lipinski definition) is 1. The summed E-state index contributed by atoms with van der Waals surface area (Å²) in [6.07, 6.45) is 1.12. The van der Waals surface area contributed by atoms with Crippen LogP contribution in [-0.4, -0.2) is 6.61 Å². The molecular weight excluding hydrogens is 242 g/mol. The van der Waals surface area contributed by atoms with Crippen LogP contribution in [0.5, 0.6) is 5.75 Å². The highest BCUT2D eigenvalue weighted by Crippen LogP contribution is 2.20. The van der Waals surface area contributed by atoms with Crippen molar-refractivity contribution in [3.63, 3.8) is 0 Å². The van der Waals surface area contributed by atoms with Gasteiger partial charge >= 0.3 is 0 Å². The van der Waals surface area contributed by atoms with Crippen LogP contribution in [0.25, 0.3) is 0 Å². The summed E-state index contributed by atoms with van der Waals surface area (Å²) in [5.74, 6) is 0.924. The average molecular weight is 261 g/mol. The number of anilines is 1. The second-order valence-electron chi connectivity index (χ2n) is 4.03. The molecule has 2 rings (SSSR count). The third kappa shape index (κ3) is 3.50. The molecule has 0 spiro atoms. The van der Waals surface area contributed by atoms with Crippen LogP contribution in [0, 0.1) is 0 Å². The zero-order valence-electron chi connectivity index (χ0n) is 10.9. The second-order valence-corrected chi connectivity index (χ2v) is 5.29. The highest BCUT2D eigenvalue weighted by molar-refractivity contribution is 7.12. The lowest BCUT2D eigenvalue weighted by Gasteiger charge is -2.06. The van der Waals surface area contributed by atoms with Gasteiger partial charge in [0.2, 0.25) is 0 Å². The number of nitrogens with one attached hydrogen (secondary N) is 1. The van der Waals surface area contributed by atoms with E-state index in [2.05, 4.69) is 36.5 Å². The van der Waals surface area contributed by atoms with Gasteiger partial charge in [-0.1, -0.05) is 6.92 Å². The highest BCUT2D eigenvalue weighted by atomic mass is 32.1. The van der Waals surface area contributed by atoms with Gasteiger partial charge in [0.25, 0.3) is 0 Å². The third-order valence-corrected chi connectivity index (χ3v) is 3.93. The third-order valence-electron chi connectivity index (χ3n) is 2.70. The second kappa shape index (κ2) is 6.45. The van der Waals surface area contributed by atoms with Crippen LogP contribution in [0.15, 0.2) is 36.4 Å². The molecule has 0 amide bonds. The number of hydrogen-bond acceptors (Lipinski definition) is 3. The molecule has 1 heterocycles. The maximum absolute atomic E-state index is 5.42. The number of ether oxygens (including phenoxy) is 1. The van der Waals surface area contributed by atoms with Crippen molar-refractivity contribution in [1.29, 1.82) is 0 Å². The summed E-state index contributed by atoms with van der Waals surface area (Å²) in [6.45, 7) is 5.78. The average Bonchev–Trinajstić information content (AvgIpc) is 2.86. The Morgan fingerprint density at radius 3 is 2.33 bits per heavy atom. The Hall–Kier alpha value is -1.48. The maximum Gasteiger partial charge on any atom is 0.119 e. The van der Waals surface area contributed by atoms with Gasteiger partial charge in [-0.2, -0.15) is 0 Å². The number of benzene rings is 1. The fourth-order valence-electron chi connectivity index (χ4n) is 1.73. The first-order chi connectivity index (χ1) is 8.81. The molecule has 0 radical (unpaired) electrons. The molecule has 1 aromatic heterocycles. The van der Waals surface area contributed by atoms with Gasteiger partial charge in [0, 0.05) is 22.0 Å². The molecule has 0 saturated heterocycles. The van der Waals surface area contributed by atoms with Gasteiger partial charge in [-0.25, -0.2) is 0 Å². The zero-order chi connectivity index (χ0) is 12.8. The van der Waals surface area contributed by atoms with E-state index in [1.807, 2.05) is 30.4 Å². The van der Waals surface area contributed by atoms with E-state index in [1.165, 1.54) is 9.75 Å². The molecule has 0 atom stereocenters. The smallest absolute Gasteiger partial charge is 0.119 e. The normalized spacial score (nSPS) is 10.3. The molecule has 0 bridgehead atoms. The van der Waals surface area contributed by atoms with Crippen molar-refractivity contribution in [2.75, 3.05) is 11.9 Å². The van der Waals surface area contributed by atoms with Crippen molar-refractivity contribution in [3.8, 4) is 5.75 Å². The van der Waals surface area contributed by atoms with Crippen LogP contribution < -0.4 is 10.1 Å². The summed E-state index contributed by atoms with van der Waals surface area (Å²) < 4.78 is 5.42. The molecule has 96 valence electrons. The molecule has 0 unspecified atom stereocenters. The minimum Gasteiger partial charge on any atom is -0.494 e. The Balaban J connectivity index is 1.89. The van der Waals surface area contributed by atoms with E-state index in [0.29, 0.717) is 6.61 Å². The van der Waals surface area contributed by atoms with Crippen molar-refractivity contribution in [3.05, 3.63) is 46.2 Å². The molecule has 0 aliphatic carbocycles. The van der Waals surface area contributed by atoms with Crippen molar-refractivity contribution in [2.24, 2.45) is 0 Å². The minimum atomic E-state index is 0.710. The van der Waals surface area contributed by atoms with Gasteiger partial charge in [-0.3, -0.25) is 0 Å².